The largest absolute Gasteiger partial charge is 0.387 e. The SMILES string of the molecule is Cc1ccccc1C(O)CNC(=O)CCn1cc([N+](=O)[O-])cn1. The topological polar surface area (TPSA) is 110 Å². The van der Waals surface area contributed by atoms with Gasteiger partial charge in [-0.2, -0.15) is 5.10 Å². The van der Waals surface area contributed by atoms with Crippen molar-refractivity contribution in [3.8, 4) is 0 Å². The molecule has 2 aromatic rings. The Kier molecular flexibility index (Phi) is 5.42. The summed E-state index contributed by atoms with van der Waals surface area (Å²) in [6.45, 7) is 2.24. The van der Waals surface area contributed by atoms with Gasteiger partial charge in [0, 0.05) is 19.5 Å². The van der Waals surface area contributed by atoms with Crippen molar-refractivity contribution in [2.75, 3.05) is 6.54 Å². The second-order valence-corrected chi connectivity index (χ2v) is 5.15. The lowest BCUT2D eigenvalue weighted by molar-refractivity contribution is -0.385. The Morgan fingerprint density at radius 1 is 1.48 bits per heavy atom. The van der Waals surface area contributed by atoms with Gasteiger partial charge in [-0.05, 0) is 18.1 Å². The fourth-order valence-electron chi connectivity index (χ4n) is 2.15. The van der Waals surface area contributed by atoms with Crippen molar-refractivity contribution in [2.24, 2.45) is 0 Å². The summed E-state index contributed by atoms with van der Waals surface area (Å²) in [6, 6.07) is 7.42. The summed E-state index contributed by atoms with van der Waals surface area (Å²) >= 11 is 0. The Balaban J connectivity index is 1.78. The summed E-state index contributed by atoms with van der Waals surface area (Å²) in [5.41, 5.74) is 1.62. The smallest absolute Gasteiger partial charge is 0.306 e. The first kappa shape index (κ1) is 16.6. The molecule has 1 aromatic carbocycles. The fourth-order valence-corrected chi connectivity index (χ4v) is 2.15. The van der Waals surface area contributed by atoms with Crippen LogP contribution in [0.5, 0.6) is 0 Å². The van der Waals surface area contributed by atoms with Gasteiger partial charge in [0.05, 0.1) is 11.0 Å². The van der Waals surface area contributed by atoms with Gasteiger partial charge in [0.15, 0.2) is 0 Å². The Hall–Kier alpha value is -2.74. The van der Waals surface area contributed by atoms with E-state index in [1.54, 1.807) is 0 Å². The van der Waals surface area contributed by atoms with Gasteiger partial charge >= 0.3 is 5.69 Å². The van der Waals surface area contributed by atoms with Crippen molar-refractivity contribution < 1.29 is 14.8 Å². The molecule has 0 fully saturated rings. The van der Waals surface area contributed by atoms with Crippen molar-refractivity contribution in [1.29, 1.82) is 0 Å². The van der Waals surface area contributed by atoms with Crippen LogP contribution in [0.4, 0.5) is 5.69 Å². The van der Waals surface area contributed by atoms with Crippen molar-refractivity contribution in [2.45, 2.75) is 26.0 Å². The quantitative estimate of drug-likeness (QED) is 0.591. The van der Waals surface area contributed by atoms with Gasteiger partial charge in [0.1, 0.15) is 12.4 Å². The minimum atomic E-state index is -0.772. The molecule has 1 atom stereocenters. The van der Waals surface area contributed by atoms with Crippen LogP contribution in [0, 0.1) is 17.0 Å². The van der Waals surface area contributed by atoms with E-state index in [-0.39, 0.29) is 31.1 Å². The zero-order valence-corrected chi connectivity index (χ0v) is 12.7. The van der Waals surface area contributed by atoms with Gasteiger partial charge in [-0.3, -0.25) is 19.6 Å². The van der Waals surface area contributed by atoms with E-state index < -0.39 is 11.0 Å². The average molecular weight is 318 g/mol. The van der Waals surface area contributed by atoms with Gasteiger partial charge in [-0.1, -0.05) is 24.3 Å². The minimum Gasteiger partial charge on any atom is -0.387 e. The van der Waals surface area contributed by atoms with Gasteiger partial charge in [-0.25, -0.2) is 0 Å². The maximum absolute atomic E-state index is 11.8. The zero-order valence-electron chi connectivity index (χ0n) is 12.7. The minimum absolute atomic E-state index is 0.111. The summed E-state index contributed by atoms with van der Waals surface area (Å²) in [4.78, 5) is 21.8. The number of rotatable bonds is 7. The number of carbonyl (C=O) groups is 1. The van der Waals surface area contributed by atoms with Crippen molar-refractivity contribution >= 4 is 11.6 Å². The van der Waals surface area contributed by atoms with Crippen LogP contribution >= 0.6 is 0 Å². The number of nitro groups is 1. The predicted octanol–water partition coefficient (Wildman–Crippen LogP) is 1.34. The van der Waals surface area contributed by atoms with Crippen molar-refractivity contribution in [1.82, 2.24) is 15.1 Å². The monoisotopic (exact) mass is 318 g/mol. The van der Waals surface area contributed by atoms with Crippen LogP contribution in [0.3, 0.4) is 0 Å². The standard InChI is InChI=1S/C15H18N4O4/c1-11-4-2-3-5-13(11)14(20)9-16-15(21)6-7-18-10-12(8-17-18)19(22)23/h2-5,8,10,14,20H,6-7,9H2,1H3,(H,16,21). The molecular weight excluding hydrogens is 300 g/mol. The normalized spacial score (nSPS) is 11.9. The van der Waals surface area contributed by atoms with Gasteiger partial charge < -0.3 is 10.4 Å². The molecule has 8 nitrogen and oxygen atoms in total. The molecule has 1 unspecified atom stereocenters. The third kappa shape index (κ3) is 4.62. The number of aliphatic hydroxyl groups excluding tert-OH is 1. The zero-order chi connectivity index (χ0) is 16.8. The van der Waals surface area contributed by atoms with Crippen LogP contribution < -0.4 is 5.32 Å². The lowest BCUT2D eigenvalue weighted by Crippen LogP contribution is -2.29. The van der Waals surface area contributed by atoms with Crippen LogP contribution in [0.1, 0.15) is 23.7 Å². The molecule has 122 valence electrons. The summed E-state index contributed by atoms with van der Waals surface area (Å²) in [7, 11) is 0. The highest BCUT2D eigenvalue weighted by Crippen LogP contribution is 2.16. The number of nitrogens with one attached hydrogen (secondary N) is 1. The molecule has 0 aliphatic carbocycles. The van der Waals surface area contributed by atoms with Crippen molar-refractivity contribution in [3.05, 3.63) is 57.9 Å². The van der Waals surface area contributed by atoms with E-state index in [1.165, 1.54) is 10.9 Å². The van der Waals surface area contributed by atoms with E-state index >= 15 is 0 Å². The van der Waals surface area contributed by atoms with E-state index in [2.05, 4.69) is 10.4 Å². The van der Waals surface area contributed by atoms with E-state index in [9.17, 15) is 20.0 Å². The molecule has 1 amide bonds. The first-order chi connectivity index (χ1) is 11.0. The number of aromatic nitrogens is 2. The Labute approximate surface area is 132 Å². The van der Waals surface area contributed by atoms with Gasteiger partial charge in [0.25, 0.3) is 0 Å². The van der Waals surface area contributed by atoms with Crippen LogP contribution in [-0.2, 0) is 11.3 Å². The molecule has 0 radical (unpaired) electrons. The molecular formula is C15H18N4O4. The average Bonchev–Trinajstić information content (AvgIpc) is 3.00. The summed E-state index contributed by atoms with van der Waals surface area (Å²) in [5.74, 6) is -0.254. The number of aryl methyl sites for hydroxylation is 2. The molecule has 1 heterocycles. The molecule has 2 rings (SSSR count). The highest BCUT2D eigenvalue weighted by molar-refractivity contribution is 5.75. The maximum Gasteiger partial charge on any atom is 0.306 e. The van der Waals surface area contributed by atoms with Crippen LogP contribution in [-0.4, -0.2) is 32.3 Å². The number of benzene rings is 1. The van der Waals surface area contributed by atoms with Crippen LogP contribution in [0.2, 0.25) is 0 Å². The molecule has 0 spiro atoms. The fraction of sp³-hybridized carbons (Fsp3) is 0.333. The third-order valence-electron chi connectivity index (χ3n) is 3.44. The summed E-state index contributed by atoms with van der Waals surface area (Å²) in [5, 5.41) is 27.1. The molecule has 1 aromatic heterocycles. The molecule has 0 bridgehead atoms. The first-order valence-electron chi connectivity index (χ1n) is 7.14. The Morgan fingerprint density at radius 3 is 2.87 bits per heavy atom. The highest BCUT2D eigenvalue weighted by atomic mass is 16.6. The number of amides is 1. The number of aliphatic hydroxyl groups is 1. The maximum atomic E-state index is 11.8. The number of carbonyl (C=O) groups excluding carboxylic acids is 1. The number of hydrogen-bond acceptors (Lipinski definition) is 5. The van der Waals surface area contributed by atoms with E-state index in [0.717, 1.165) is 17.3 Å². The number of nitrogens with zero attached hydrogens (tertiary/aromatic N) is 3. The lowest BCUT2D eigenvalue weighted by atomic mass is 10.0. The Morgan fingerprint density at radius 2 is 2.22 bits per heavy atom. The van der Waals surface area contributed by atoms with E-state index in [1.807, 2.05) is 31.2 Å². The van der Waals surface area contributed by atoms with Gasteiger partial charge in [-0.15, -0.1) is 0 Å². The summed E-state index contributed by atoms with van der Waals surface area (Å²) in [6.07, 6.45) is 1.76. The number of hydrogen-bond donors (Lipinski definition) is 2. The second kappa shape index (κ2) is 7.50. The molecule has 0 saturated carbocycles. The molecule has 8 heteroatoms. The molecule has 0 aliphatic rings. The lowest BCUT2D eigenvalue weighted by Gasteiger charge is -2.14. The summed E-state index contributed by atoms with van der Waals surface area (Å²) < 4.78 is 1.34. The second-order valence-electron chi connectivity index (χ2n) is 5.15. The van der Waals surface area contributed by atoms with Gasteiger partial charge in [0.2, 0.25) is 5.91 Å². The molecule has 0 aliphatic heterocycles. The van der Waals surface area contributed by atoms with Crippen LogP contribution in [0.25, 0.3) is 0 Å². The molecule has 0 saturated heterocycles. The predicted molar refractivity (Wildman–Crippen MR) is 82.6 cm³/mol. The first-order valence-corrected chi connectivity index (χ1v) is 7.14. The van der Waals surface area contributed by atoms with E-state index in [4.69, 9.17) is 0 Å². The van der Waals surface area contributed by atoms with E-state index in [0.29, 0.717) is 0 Å². The molecule has 23 heavy (non-hydrogen) atoms. The highest BCUT2D eigenvalue weighted by Gasteiger charge is 2.12. The third-order valence-corrected chi connectivity index (χ3v) is 3.44. The Bertz CT molecular complexity index is 698. The van der Waals surface area contributed by atoms with Crippen molar-refractivity contribution in [3.63, 3.8) is 0 Å². The molecule has 2 N–H and O–H groups in total. The van der Waals surface area contributed by atoms with Crippen LogP contribution in [0.15, 0.2) is 36.7 Å².